The van der Waals surface area contributed by atoms with Crippen molar-refractivity contribution in [3.05, 3.63) is 35.9 Å². The van der Waals surface area contributed by atoms with Crippen molar-refractivity contribution < 1.29 is 33.8 Å². The molecule has 1 atom stereocenters. The zero-order valence-electron chi connectivity index (χ0n) is 20.0. The highest BCUT2D eigenvalue weighted by molar-refractivity contribution is 5.98. The van der Waals surface area contributed by atoms with Gasteiger partial charge in [0.05, 0.1) is 0 Å². The number of carboxylic acids is 1. The Morgan fingerprint density at radius 3 is 2.35 bits per heavy atom. The van der Waals surface area contributed by atoms with Gasteiger partial charge in [-0.25, -0.2) is 14.4 Å². The van der Waals surface area contributed by atoms with Gasteiger partial charge < -0.3 is 30.5 Å². The first-order valence-electron chi connectivity index (χ1n) is 11.4. The molecule has 0 spiro atoms. The van der Waals surface area contributed by atoms with Crippen LogP contribution in [0.3, 0.4) is 0 Å². The van der Waals surface area contributed by atoms with Gasteiger partial charge in [0.2, 0.25) is 11.9 Å². The molecule has 0 radical (unpaired) electrons. The summed E-state index contributed by atoms with van der Waals surface area (Å²) in [5, 5.41) is 11.8. The first-order chi connectivity index (χ1) is 16.0. The van der Waals surface area contributed by atoms with Crippen LogP contribution in [0.25, 0.3) is 0 Å². The minimum Gasteiger partial charge on any atom is -0.480 e. The quantitative estimate of drug-likeness (QED) is 0.342. The lowest BCUT2D eigenvalue weighted by Crippen LogP contribution is -2.45. The summed E-state index contributed by atoms with van der Waals surface area (Å²) in [5.74, 6) is -2.36. The number of hydrogen-bond acceptors (Lipinski definition) is 7. The van der Waals surface area contributed by atoms with Crippen molar-refractivity contribution in [2.75, 3.05) is 13.6 Å². The molecule has 0 bridgehead atoms. The van der Waals surface area contributed by atoms with Crippen LogP contribution >= 0.6 is 0 Å². The summed E-state index contributed by atoms with van der Waals surface area (Å²) in [5.41, 5.74) is 5.34. The first-order valence-corrected chi connectivity index (χ1v) is 11.4. The third kappa shape index (κ3) is 9.01. The number of rotatable bonds is 10. The molecule has 4 N–H and O–H groups in total. The maximum atomic E-state index is 12.4. The monoisotopic (exact) mass is 477 g/mol. The number of nitrogens with zero attached hydrogens (tertiary/aromatic N) is 1. The Morgan fingerprint density at radius 1 is 1.15 bits per heavy atom. The molecule has 1 saturated carbocycles. The molecule has 188 valence electrons. The molecule has 1 aliphatic carbocycles. The SMILES string of the molecule is CN(CC(=O)NC1CCC(CC(C)(C)OC(=O)[C@@H](N)C(=O)O)CC1)C(=O)OCc1ccccc1. The fourth-order valence-corrected chi connectivity index (χ4v) is 4.07. The van der Waals surface area contributed by atoms with Crippen molar-refractivity contribution in [1.82, 2.24) is 10.2 Å². The van der Waals surface area contributed by atoms with Gasteiger partial charge in [-0.3, -0.25) is 4.79 Å². The number of amides is 2. The fraction of sp³-hybridized carbons (Fsp3) is 0.583. The van der Waals surface area contributed by atoms with Crippen molar-refractivity contribution >= 4 is 23.9 Å². The number of benzene rings is 1. The Bertz CT molecular complexity index is 851. The lowest BCUT2D eigenvalue weighted by Gasteiger charge is -2.34. The second kappa shape index (κ2) is 12.4. The normalized spacial score (nSPS) is 18.9. The van der Waals surface area contributed by atoms with Crippen LogP contribution in [0.4, 0.5) is 4.79 Å². The highest BCUT2D eigenvalue weighted by Crippen LogP contribution is 2.32. The van der Waals surface area contributed by atoms with Gasteiger partial charge in [0.25, 0.3) is 0 Å². The number of likely N-dealkylation sites (N-methyl/N-ethyl adjacent to an activating group) is 1. The predicted molar refractivity (Wildman–Crippen MR) is 124 cm³/mol. The fourth-order valence-electron chi connectivity index (χ4n) is 4.07. The Hall–Kier alpha value is -3.14. The number of aliphatic carboxylic acids is 1. The molecule has 1 fully saturated rings. The smallest absolute Gasteiger partial charge is 0.410 e. The maximum absolute atomic E-state index is 12.4. The van der Waals surface area contributed by atoms with Crippen molar-refractivity contribution in [3.63, 3.8) is 0 Å². The van der Waals surface area contributed by atoms with Crippen molar-refractivity contribution in [1.29, 1.82) is 0 Å². The third-order valence-electron chi connectivity index (χ3n) is 5.79. The number of carbonyl (C=O) groups excluding carboxylic acids is 3. The van der Waals surface area contributed by atoms with Gasteiger partial charge in [0.1, 0.15) is 18.8 Å². The zero-order chi connectivity index (χ0) is 25.3. The van der Waals surface area contributed by atoms with Gasteiger partial charge in [-0.2, -0.15) is 0 Å². The molecule has 0 unspecified atom stereocenters. The number of nitrogens with two attached hydrogens (primary N) is 1. The van der Waals surface area contributed by atoms with E-state index in [0.717, 1.165) is 31.2 Å². The lowest BCUT2D eigenvalue weighted by atomic mass is 9.80. The van der Waals surface area contributed by atoms with E-state index in [1.165, 1.54) is 11.9 Å². The molecular weight excluding hydrogens is 442 g/mol. The van der Waals surface area contributed by atoms with E-state index in [2.05, 4.69) is 5.32 Å². The van der Waals surface area contributed by atoms with Crippen molar-refractivity contribution in [3.8, 4) is 0 Å². The average molecular weight is 478 g/mol. The number of carboxylic acid groups (broad SMARTS) is 1. The summed E-state index contributed by atoms with van der Waals surface area (Å²) in [4.78, 5) is 48.4. The molecule has 1 aromatic carbocycles. The summed E-state index contributed by atoms with van der Waals surface area (Å²) in [6.07, 6.45) is 3.18. The summed E-state index contributed by atoms with van der Waals surface area (Å²) in [6, 6.07) is 7.61. The first kappa shape index (κ1) is 27.1. The summed E-state index contributed by atoms with van der Waals surface area (Å²) in [6.45, 7) is 3.52. The van der Waals surface area contributed by atoms with Gasteiger partial charge in [-0.1, -0.05) is 30.3 Å². The van der Waals surface area contributed by atoms with E-state index in [9.17, 15) is 19.2 Å². The highest BCUT2D eigenvalue weighted by atomic mass is 16.6. The van der Waals surface area contributed by atoms with E-state index >= 15 is 0 Å². The summed E-state index contributed by atoms with van der Waals surface area (Å²) >= 11 is 0. The Morgan fingerprint density at radius 2 is 1.76 bits per heavy atom. The molecule has 10 nitrogen and oxygen atoms in total. The van der Waals surface area contributed by atoms with Crippen LogP contribution < -0.4 is 11.1 Å². The van der Waals surface area contributed by atoms with E-state index < -0.39 is 29.7 Å². The van der Waals surface area contributed by atoms with Gasteiger partial charge in [0.15, 0.2) is 0 Å². The summed E-state index contributed by atoms with van der Waals surface area (Å²) in [7, 11) is 1.52. The zero-order valence-corrected chi connectivity index (χ0v) is 20.0. The molecular formula is C24H35N3O7. The second-order valence-corrected chi connectivity index (χ2v) is 9.38. The number of carbonyl (C=O) groups is 4. The number of hydrogen-bond donors (Lipinski definition) is 3. The lowest BCUT2D eigenvalue weighted by molar-refractivity contribution is -0.164. The Balaban J connectivity index is 1.69. The van der Waals surface area contributed by atoms with E-state index in [-0.39, 0.29) is 31.0 Å². The van der Waals surface area contributed by atoms with Gasteiger partial charge in [0, 0.05) is 13.1 Å². The van der Waals surface area contributed by atoms with Crippen LogP contribution in [0.15, 0.2) is 30.3 Å². The molecule has 0 saturated heterocycles. The molecule has 0 aliphatic heterocycles. The van der Waals surface area contributed by atoms with E-state index in [1.54, 1.807) is 13.8 Å². The molecule has 1 aliphatic rings. The van der Waals surface area contributed by atoms with Gasteiger partial charge >= 0.3 is 18.0 Å². The second-order valence-electron chi connectivity index (χ2n) is 9.38. The van der Waals surface area contributed by atoms with E-state index in [4.69, 9.17) is 20.3 Å². The van der Waals surface area contributed by atoms with Gasteiger partial charge in [-0.05, 0) is 57.4 Å². The largest absolute Gasteiger partial charge is 0.480 e. The topological polar surface area (TPSA) is 148 Å². The number of ether oxygens (including phenoxy) is 2. The number of nitrogens with one attached hydrogen (secondary N) is 1. The van der Waals surface area contributed by atoms with E-state index in [1.807, 2.05) is 30.3 Å². The molecule has 34 heavy (non-hydrogen) atoms. The molecule has 2 rings (SSSR count). The van der Waals surface area contributed by atoms with Crippen molar-refractivity contribution in [2.45, 2.75) is 70.2 Å². The molecule has 0 aromatic heterocycles. The van der Waals surface area contributed by atoms with Crippen LogP contribution in [0.1, 0.15) is 51.5 Å². The van der Waals surface area contributed by atoms with Crippen LogP contribution in [0.2, 0.25) is 0 Å². The maximum Gasteiger partial charge on any atom is 0.410 e. The minimum atomic E-state index is -1.70. The van der Waals surface area contributed by atoms with Crippen molar-refractivity contribution in [2.24, 2.45) is 11.7 Å². The summed E-state index contributed by atoms with van der Waals surface area (Å²) < 4.78 is 10.5. The van der Waals surface area contributed by atoms with Crippen LogP contribution in [-0.2, 0) is 30.5 Å². The standard InChI is InChI=1S/C24H35N3O7/c1-24(2,34-22(31)20(25)21(29)30)13-16-9-11-18(12-10-16)26-19(28)14-27(3)23(32)33-15-17-7-5-4-6-8-17/h4-8,16,18,20H,9-15,25H2,1-3H3,(H,26,28)(H,29,30)/t16?,18?,20-/m0/s1. The Labute approximate surface area is 199 Å². The third-order valence-corrected chi connectivity index (χ3v) is 5.79. The molecule has 2 amide bonds. The van der Waals surface area contributed by atoms with Gasteiger partial charge in [-0.15, -0.1) is 0 Å². The van der Waals surface area contributed by atoms with Crippen LogP contribution in [0, 0.1) is 5.92 Å². The molecule has 10 heteroatoms. The van der Waals surface area contributed by atoms with E-state index in [0.29, 0.717) is 6.42 Å². The molecule has 1 aromatic rings. The average Bonchev–Trinajstić information content (AvgIpc) is 2.78. The molecule has 0 heterocycles. The number of esters is 1. The Kier molecular flexibility index (Phi) is 9.85. The van der Waals surface area contributed by atoms with Crippen LogP contribution in [0.5, 0.6) is 0 Å². The minimum absolute atomic E-state index is 0.00332. The van der Waals surface area contributed by atoms with Crippen LogP contribution in [-0.4, -0.2) is 65.2 Å². The highest BCUT2D eigenvalue weighted by Gasteiger charge is 2.33. The predicted octanol–water partition coefficient (Wildman–Crippen LogP) is 2.05.